The number of carboxylic acids is 2. The van der Waals surface area contributed by atoms with Gasteiger partial charge in [0.2, 0.25) is 0 Å². The first kappa shape index (κ1) is 49.9. The highest BCUT2D eigenvalue weighted by atomic mass is 19.4. The van der Waals surface area contributed by atoms with Crippen LogP contribution in [0, 0.1) is 29.1 Å². The van der Waals surface area contributed by atoms with Crippen LogP contribution in [0.2, 0.25) is 0 Å². The minimum atomic E-state index is -4.46. The lowest BCUT2D eigenvalue weighted by Gasteiger charge is -2.37. The van der Waals surface area contributed by atoms with Crippen LogP contribution >= 0.6 is 0 Å². The zero-order valence-corrected chi connectivity index (χ0v) is 37.2. The molecule has 3 saturated heterocycles. The zero-order valence-electron chi connectivity index (χ0n) is 37.2. The van der Waals surface area contributed by atoms with Gasteiger partial charge in [-0.2, -0.15) is 26.3 Å². The second kappa shape index (κ2) is 22.4. The highest BCUT2D eigenvalue weighted by Gasteiger charge is 2.40. The van der Waals surface area contributed by atoms with Crippen molar-refractivity contribution >= 4 is 33.9 Å². The molecule has 370 valence electrons. The Labute approximate surface area is 382 Å². The second-order valence-corrected chi connectivity index (χ2v) is 18.2. The first-order valence-electron chi connectivity index (χ1n) is 22.9. The van der Waals surface area contributed by atoms with Gasteiger partial charge in [-0.3, -0.25) is 9.59 Å². The van der Waals surface area contributed by atoms with Crippen molar-refractivity contribution in [3.63, 3.8) is 0 Å². The first-order valence-corrected chi connectivity index (χ1v) is 22.9. The molecule has 0 radical (unpaired) electrons. The van der Waals surface area contributed by atoms with E-state index in [9.17, 15) is 41.0 Å². The number of ether oxygens (including phenoxy) is 5. The summed E-state index contributed by atoms with van der Waals surface area (Å²) < 4.78 is 113. The molecule has 0 atom stereocenters. The van der Waals surface area contributed by atoms with E-state index in [1.807, 2.05) is 0 Å². The van der Waals surface area contributed by atoms with E-state index >= 15 is 0 Å². The van der Waals surface area contributed by atoms with Gasteiger partial charge in [0.15, 0.2) is 24.4 Å². The number of aromatic nitrogens is 2. The number of benzene rings is 2. The van der Waals surface area contributed by atoms with Gasteiger partial charge in [0.25, 0.3) is 11.8 Å². The van der Waals surface area contributed by atoms with Crippen molar-refractivity contribution in [2.45, 2.75) is 83.0 Å². The molecule has 15 nitrogen and oxygen atoms in total. The van der Waals surface area contributed by atoms with E-state index in [4.69, 9.17) is 37.8 Å². The van der Waals surface area contributed by atoms with Crippen LogP contribution in [0.5, 0.6) is 23.3 Å². The quantitative estimate of drug-likeness (QED) is 0.0958. The lowest BCUT2D eigenvalue weighted by molar-refractivity contribution is -0.156. The molecule has 1 saturated carbocycles. The molecule has 1 aliphatic carbocycles. The van der Waals surface area contributed by atoms with E-state index in [1.165, 1.54) is 18.2 Å². The van der Waals surface area contributed by atoms with Gasteiger partial charge in [-0.05, 0) is 156 Å². The molecule has 21 heteroatoms. The summed E-state index contributed by atoms with van der Waals surface area (Å²) in [5.74, 6) is -0.137. The Hall–Kier alpha value is -5.02. The number of fused-ring (bicyclic) bond motifs is 2. The average Bonchev–Trinajstić information content (AvgIpc) is 3.94. The number of nitrogens with zero attached hydrogens (tertiary/aromatic N) is 4. The number of carboxylic acid groups (broad SMARTS) is 2. The van der Waals surface area contributed by atoms with Gasteiger partial charge in [0.1, 0.15) is 22.3 Å². The Morgan fingerprint density at radius 1 is 0.657 bits per heavy atom. The number of likely N-dealkylation sites (tertiary alicyclic amines) is 2. The molecule has 4 fully saturated rings. The molecule has 0 bridgehead atoms. The van der Waals surface area contributed by atoms with Crippen molar-refractivity contribution in [1.29, 1.82) is 0 Å². The molecule has 2 N–H and O–H groups in total. The van der Waals surface area contributed by atoms with Crippen molar-refractivity contribution in [3.05, 3.63) is 36.4 Å². The fraction of sp³-hybridized carbons (Fsp3) is 0.652. The summed E-state index contributed by atoms with van der Waals surface area (Å²) in [5, 5.41) is 27.2. The summed E-state index contributed by atoms with van der Waals surface area (Å²) in [4.78, 5) is 27.7. The number of alkyl halides is 6. The van der Waals surface area contributed by atoms with Gasteiger partial charge < -0.3 is 52.7 Å². The normalized spacial score (nSPS) is 21.4. The Morgan fingerprint density at radius 3 is 1.58 bits per heavy atom. The third-order valence-electron chi connectivity index (χ3n) is 13.5. The summed E-state index contributed by atoms with van der Waals surface area (Å²) in [6, 6.07) is 9.16. The number of hydrogen-bond acceptors (Lipinski definition) is 13. The number of carbonyl (C=O) groups is 2. The predicted molar refractivity (Wildman–Crippen MR) is 228 cm³/mol. The maximum absolute atomic E-state index is 12.6. The summed E-state index contributed by atoms with van der Waals surface area (Å²) >= 11 is 0. The number of hydrogen-bond donors (Lipinski definition) is 2. The third-order valence-corrected chi connectivity index (χ3v) is 13.5. The van der Waals surface area contributed by atoms with Gasteiger partial charge >= 0.3 is 24.3 Å². The minimum absolute atomic E-state index is 0.0152. The van der Waals surface area contributed by atoms with Crippen molar-refractivity contribution < 1.29 is 78.9 Å². The Morgan fingerprint density at radius 2 is 1.13 bits per heavy atom. The van der Waals surface area contributed by atoms with Crippen molar-refractivity contribution in [1.82, 2.24) is 20.1 Å². The fourth-order valence-corrected chi connectivity index (χ4v) is 9.39. The average molecular weight is 957 g/mol. The van der Waals surface area contributed by atoms with Crippen molar-refractivity contribution in [3.8, 4) is 23.3 Å². The monoisotopic (exact) mass is 956 g/mol. The lowest BCUT2D eigenvalue weighted by Crippen LogP contribution is -2.42. The number of halogens is 6. The van der Waals surface area contributed by atoms with Crippen LogP contribution in [0.4, 0.5) is 26.3 Å². The molecule has 4 aliphatic rings. The Kier molecular flexibility index (Phi) is 16.7. The SMILES string of the molecule is O=C(O)C1(CCN2CCC(COc3noc4cccc(OCC(F)(F)F)c34)CC2)CCOCC1.O=C(O)[C@H]1CC[C@H](CN2CCC(COc3noc4cccc(OCC(F)(F)F)c34)CC2)CC1. The van der Waals surface area contributed by atoms with E-state index in [2.05, 4.69) is 20.1 Å². The van der Waals surface area contributed by atoms with E-state index in [0.717, 1.165) is 90.6 Å². The van der Waals surface area contributed by atoms with E-state index < -0.39 is 42.9 Å². The van der Waals surface area contributed by atoms with E-state index in [1.54, 1.807) is 18.2 Å². The molecule has 2 aromatic carbocycles. The van der Waals surface area contributed by atoms with Crippen LogP contribution in [0.25, 0.3) is 21.9 Å². The Balaban J connectivity index is 0.000000199. The molecule has 3 aliphatic heterocycles. The summed E-state index contributed by atoms with van der Waals surface area (Å²) in [5.41, 5.74) is -0.0833. The molecule has 4 aromatic rings. The number of aliphatic carboxylic acids is 2. The second-order valence-electron chi connectivity index (χ2n) is 18.2. The zero-order chi connectivity index (χ0) is 47.6. The standard InChI is InChI=1S/C23H29F3N2O6.C23H29F3N2O5/c24-23(25,26)15-33-17-2-1-3-18-19(17)20(27-34-18)32-14-16-4-9-28(10-5-16)11-6-22(21(29)30)7-12-31-13-8-22;24-23(25,26)14-32-18-2-1-3-19-20(18)21(27-33-19)31-13-16-8-10-28(11-9-16)12-15-4-6-17(7-5-15)22(29)30/h1-3,16H,4-15H2,(H,29,30);1-3,15-17H,4-14H2,(H,29,30)/t;15-,17-. The molecule has 0 spiro atoms. The first-order chi connectivity index (χ1) is 32.0. The highest BCUT2D eigenvalue weighted by Crippen LogP contribution is 2.38. The Bertz CT molecular complexity index is 2210. The van der Waals surface area contributed by atoms with Crippen molar-refractivity contribution in [2.24, 2.45) is 29.1 Å². The topological polar surface area (TPSA) is 179 Å². The van der Waals surface area contributed by atoms with Crippen LogP contribution < -0.4 is 18.9 Å². The maximum Gasteiger partial charge on any atom is 0.422 e. The van der Waals surface area contributed by atoms with Gasteiger partial charge in [-0.1, -0.05) is 12.1 Å². The van der Waals surface area contributed by atoms with E-state index in [0.29, 0.717) is 79.5 Å². The van der Waals surface area contributed by atoms with Gasteiger partial charge in [-0.15, -0.1) is 0 Å². The molecular weight excluding hydrogens is 899 g/mol. The van der Waals surface area contributed by atoms with E-state index in [-0.39, 0.29) is 35.1 Å². The van der Waals surface area contributed by atoms with Crippen LogP contribution in [0.15, 0.2) is 45.4 Å². The van der Waals surface area contributed by atoms with Gasteiger partial charge in [0.05, 0.1) is 24.5 Å². The predicted octanol–water partition coefficient (Wildman–Crippen LogP) is 8.88. The van der Waals surface area contributed by atoms with Crippen LogP contribution in [0.3, 0.4) is 0 Å². The minimum Gasteiger partial charge on any atom is -0.483 e. The van der Waals surface area contributed by atoms with Crippen LogP contribution in [-0.4, -0.2) is 134 Å². The van der Waals surface area contributed by atoms with Crippen LogP contribution in [-0.2, 0) is 14.3 Å². The highest BCUT2D eigenvalue weighted by molar-refractivity contribution is 5.89. The molecule has 8 rings (SSSR count). The maximum atomic E-state index is 12.6. The molecule has 0 unspecified atom stereocenters. The fourth-order valence-electron chi connectivity index (χ4n) is 9.39. The molecule has 0 amide bonds. The molecular formula is C46H58F6N4O11. The molecule has 67 heavy (non-hydrogen) atoms. The number of rotatable bonds is 17. The van der Waals surface area contributed by atoms with Crippen LogP contribution in [0.1, 0.15) is 70.6 Å². The van der Waals surface area contributed by atoms with Gasteiger partial charge in [0, 0.05) is 19.8 Å². The molecule has 2 aromatic heterocycles. The van der Waals surface area contributed by atoms with Gasteiger partial charge in [-0.25, -0.2) is 0 Å². The summed E-state index contributed by atoms with van der Waals surface area (Å²) in [6.07, 6.45) is -0.0566. The largest absolute Gasteiger partial charge is 0.483 e. The number of piperidine rings is 2. The summed E-state index contributed by atoms with van der Waals surface area (Å²) in [6.45, 7) is 4.25. The smallest absolute Gasteiger partial charge is 0.422 e. The summed E-state index contributed by atoms with van der Waals surface area (Å²) in [7, 11) is 0. The lowest BCUT2D eigenvalue weighted by atomic mass is 9.77. The van der Waals surface area contributed by atoms with Crippen molar-refractivity contribution in [2.75, 3.05) is 78.9 Å². The third kappa shape index (κ3) is 14.0. The molecule has 5 heterocycles.